The summed E-state index contributed by atoms with van der Waals surface area (Å²) in [5.41, 5.74) is 5.97. The van der Waals surface area contributed by atoms with Gasteiger partial charge in [0.25, 0.3) is 0 Å². The third-order valence-electron chi connectivity index (χ3n) is 6.87. The van der Waals surface area contributed by atoms with Gasteiger partial charge in [0, 0.05) is 63.5 Å². The summed E-state index contributed by atoms with van der Waals surface area (Å²) in [6.45, 7) is 11.6. The van der Waals surface area contributed by atoms with E-state index in [4.69, 9.17) is 0 Å². The number of hydrogen-bond donors (Lipinski definition) is 1. The number of nitrogens with zero attached hydrogens (tertiary/aromatic N) is 3. The zero-order valence-corrected chi connectivity index (χ0v) is 19.4. The molecule has 32 heavy (non-hydrogen) atoms. The molecule has 1 N–H and O–H groups in total. The molecule has 0 bridgehead atoms. The molecular formula is C26H34N4O2. The highest BCUT2D eigenvalue weighted by Gasteiger charge is 2.37. The van der Waals surface area contributed by atoms with Crippen molar-refractivity contribution >= 4 is 23.2 Å². The molecule has 0 saturated carbocycles. The van der Waals surface area contributed by atoms with Crippen molar-refractivity contribution in [1.29, 1.82) is 0 Å². The van der Waals surface area contributed by atoms with Gasteiger partial charge < -0.3 is 10.2 Å². The second-order valence-electron chi connectivity index (χ2n) is 8.80. The summed E-state index contributed by atoms with van der Waals surface area (Å²) in [7, 11) is 0. The van der Waals surface area contributed by atoms with Crippen LogP contribution in [0.5, 0.6) is 0 Å². The summed E-state index contributed by atoms with van der Waals surface area (Å²) < 4.78 is 0. The average Bonchev–Trinajstić information content (AvgIpc) is 3.21. The largest absolute Gasteiger partial charge is 0.369 e. The molecule has 6 heteroatoms. The van der Waals surface area contributed by atoms with Crippen LogP contribution in [0.15, 0.2) is 42.5 Å². The van der Waals surface area contributed by atoms with E-state index < -0.39 is 6.04 Å². The molecule has 2 aromatic carbocycles. The number of hydrogen-bond acceptors (Lipinski definition) is 4. The molecule has 0 radical (unpaired) electrons. The van der Waals surface area contributed by atoms with Gasteiger partial charge in [0.15, 0.2) is 0 Å². The number of fused-ring (bicyclic) bond motifs is 1. The number of aryl methyl sites for hydroxylation is 1. The van der Waals surface area contributed by atoms with E-state index in [0.29, 0.717) is 19.4 Å². The lowest BCUT2D eigenvalue weighted by Gasteiger charge is -2.37. The molecule has 1 atom stereocenters. The molecule has 4 rings (SSSR count). The minimum atomic E-state index is -0.444. The van der Waals surface area contributed by atoms with Gasteiger partial charge in [-0.15, -0.1) is 0 Å². The van der Waals surface area contributed by atoms with Gasteiger partial charge in [-0.3, -0.25) is 19.4 Å². The summed E-state index contributed by atoms with van der Waals surface area (Å²) in [6, 6.07) is 13.9. The average molecular weight is 435 g/mol. The van der Waals surface area contributed by atoms with Gasteiger partial charge in [0.1, 0.15) is 6.04 Å². The van der Waals surface area contributed by atoms with Crippen LogP contribution < -0.4 is 15.1 Å². The fourth-order valence-electron chi connectivity index (χ4n) is 4.82. The molecule has 0 spiro atoms. The van der Waals surface area contributed by atoms with Crippen molar-refractivity contribution in [3.8, 4) is 0 Å². The number of carbonyl (C=O) groups excluding carboxylic acids is 2. The van der Waals surface area contributed by atoms with E-state index >= 15 is 0 Å². The third kappa shape index (κ3) is 4.51. The van der Waals surface area contributed by atoms with Crippen molar-refractivity contribution < 1.29 is 9.59 Å². The maximum atomic E-state index is 13.0. The summed E-state index contributed by atoms with van der Waals surface area (Å²) in [5, 5.41) is 3.09. The number of benzene rings is 2. The normalized spacial score (nSPS) is 18.5. The standard InChI is InChI=1S/C26H34N4O2/c1-4-25(31)30-23-10-6-5-9-21(23)18-24(30)26(32)27-12-13-28-14-16-29(17-15-28)22-11-7-8-19(2)20(22)3/h5-11,24H,4,12-18H2,1-3H3,(H,27,32)/t24-/m0/s1. The fraction of sp³-hybridized carbons (Fsp3) is 0.462. The molecule has 2 aliphatic heterocycles. The van der Waals surface area contributed by atoms with E-state index in [1.54, 1.807) is 4.90 Å². The predicted molar refractivity (Wildman–Crippen MR) is 129 cm³/mol. The molecule has 0 aliphatic carbocycles. The van der Waals surface area contributed by atoms with Crippen LogP contribution in [-0.2, 0) is 16.0 Å². The quantitative estimate of drug-likeness (QED) is 0.760. The number of anilines is 2. The van der Waals surface area contributed by atoms with Crippen molar-refractivity contribution in [2.45, 2.75) is 39.7 Å². The number of rotatable bonds is 6. The Bertz CT molecular complexity index is 982. The van der Waals surface area contributed by atoms with E-state index in [1.807, 2.05) is 31.2 Å². The molecule has 1 saturated heterocycles. The Balaban J connectivity index is 1.28. The first-order valence-corrected chi connectivity index (χ1v) is 11.7. The van der Waals surface area contributed by atoms with Crippen LogP contribution in [0.4, 0.5) is 11.4 Å². The number of piperazine rings is 1. The topological polar surface area (TPSA) is 55.9 Å². The summed E-state index contributed by atoms with van der Waals surface area (Å²) in [6.07, 6.45) is 0.977. The van der Waals surface area contributed by atoms with E-state index in [0.717, 1.165) is 44.0 Å². The van der Waals surface area contributed by atoms with Gasteiger partial charge in [0.05, 0.1) is 0 Å². The number of carbonyl (C=O) groups is 2. The Morgan fingerprint density at radius 1 is 0.969 bits per heavy atom. The zero-order valence-electron chi connectivity index (χ0n) is 19.4. The Kier molecular flexibility index (Phi) is 6.80. The maximum absolute atomic E-state index is 13.0. The predicted octanol–water partition coefficient (Wildman–Crippen LogP) is 2.91. The minimum Gasteiger partial charge on any atom is -0.369 e. The second-order valence-corrected chi connectivity index (χ2v) is 8.80. The van der Waals surface area contributed by atoms with Gasteiger partial charge in [-0.05, 0) is 42.7 Å². The number of para-hydroxylation sites is 1. The molecule has 0 unspecified atom stereocenters. The van der Waals surface area contributed by atoms with E-state index in [9.17, 15) is 9.59 Å². The fourth-order valence-corrected chi connectivity index (χ4v) is 4.82. The number of amides is 2. The van der Waals surface area contributed by atoms with E-state index in [1.165, 1.54) is 16.8 Å². The monoisotopic (exact) mass is 434 g/mol. The Morgan fingerprint density at radius 2 is 1.69 bits per heavy atom. The first-order chi connectivity index (χ1) is 15.5. The molecule has 170 valence electrons. The number of nitrogens with one attached hydrogen (secondary N) is 1. The molecule has 2 amide bonds. The smallest absolute Gasteiger partial charge is 0.243 e. The summed E-state index contributed by atoms with van der Waals surface area (Å²) in [4.78, 5) is 32.1. The first kappa shape index (κ1) is 22.3. The molecule has 2 aliphatic rings. The highest BCUT2D eigenvalue weighted by Crippen LogP contribution is 2.32. The van der Waals surface area contributed by atoms with Crippen molar-refractivity contribution in [2.75, 3.05) is 49.1 Å². The minimum absolute atomic E-state index is 0.00216. The van der Waals surface area contributed by atoms with Crippen LogP contribution in [0.1, 0.15) is 30.0 Å². The lowest BCUT2D eigenvalue weighted by molar-refractivity contribution is -0.126. The first-order valence-electron chi connectivity index (χ1n) is 11.7. The van der Waals surface area contributed by atoms with Crippen LogP contribution in [0.2, 0.25) is 0 Å². The zero-order chi connectivity index (χ0) is 22.7. The van der Waals surface area contributed by atoms with E-state index in [-0.39, 0.29) is 11.8 Å². The van der Waals surface area contributed by atoms with Gasteiger partial charge in [-0.1, -0.05) is 37.3 Å². The highest BCUT2D eigenvalue weighted by molar-refractivity contribution is 6.03. The van der Waals surface area contributed by atoms with Crippen molar-refractivity contribution in [1.82, 2.24) is 10.2 Å². The Labute approximate surface area is 191 Å². The molecule has 6 nitrogen and oxygen atoms in total. The van der Waals surface area contributed by atoms with Crippen LogP contribution in [-0.4, -0.2) is 62.0 Å². The van der Waals surface area contributed by atoms with Crippen molar-refractivity contribution in [3.63, 3.8) is 0 Å². The van der Waals surface area contributed by atoms with Crippen LogP contribution >= 0.6 is 0 Å². The SMILES string of the molecule is CCC(=O)N1c2ccccc2C[C@H]1C(=O)NCCN1CCN(c2cccc(C)c2C)CC1. The van der Waals surface area contributed by atoms with Crippen molar-refractivity contribution in [2.24, 2.45) is 0 Å². The van der Waals surface area contributed by atoms with Crippen LogP contribution in [0.3, 0.4) is 0 Å². The van der Waals surface area contributed by atoms with Crippen LogP contribution in [0.25, 0.3) is 0 Å². The van der Waals surface area contributed by atoms with Gasteiger partial charge in [-0.25, -0.2) is 0 Å². The highest BCUT2D eigenvalue weighted by atomic mass is 16.2. The van der Waals surface area contributed by atoms with Crippen molar-refractivity contribution in [3.05, 3.63) is 59.2 Å². The molecule has 2 aromatic rings. The summed E-state index contributed by atoms with van der Waals surface area (Å²) >= 11 is 0. The van der Waals surface area contributed by atoms with Gasteiger partial charge >= 0.3 is 0 Å². The maximum Gasteiger partial charge on any atom is 0.243 e. The Morgan fingerprint density at radius 3 is 2.44 bits per heavy atom. The van der Waals surface area contributed by atoms with Gasteiger partial charge in [-0.2, -0.15) is 0 Å². The van der Waals surface area contributed by atoms with Gasteiger partial charge in [0.2, 0.25) is 11.8 Å². The Hall–Kier alpha value is -2.86. The summed E-state index contributed by atoms with van der Waals surface area (Å²) in [5.74, 6) is -0.0605. The second kappa shape index (κ2) is 9.74. The lowest BCUT2D eigenvalue weighted by atomic mass is 10.1. The van der Waals surface area contributed by atoms with Crippen LogP contribution in [0, 0.1) is 13.8 Å². The molecule has 0 aromatic heterocycles. The molecule has 1 fully saturated rings. The van der Waals surface area contributed by atoms with E-state index in [2.05, 4.69) is 47.2 Å². The third-order valence-corrected chi connectivity index (χ3v) is 6.87. The molecular weight excluding hydrogens is 400 g/mol. The molecule has 2 heterocycles. The lowest BCUT2D eigenvalue weighted by Crippen LogP contribution is -2.51.